The smallest absolute Gasteiger partial charge is 0.165 e. The quantitative estimate of drug-likeness (QED) is 0.472. The van der Waals surface area contributed by atoms with Crippen molar-refractivity contribution in [2.45, 2.75) is 90.3 Å². The number of ether oxygens (including phenoxy) is 2. The number of hydrogen-bond donors (Lipinski definition) is 0. The van der Waals surface area contributed by atoms with Gasteiger partial charge in [-0.2, -0.15) is 0 Å². The molecule has 0 amide bonds. The highest BCUT2D eigenvalue weighted by molar-refractivity contribution is 5.26. The van der Waals surface area contributed by atoms with Crippen LogP contribution in [0.5, 0.6) is 0 Å². The molecule has 0 aromatic heterocycles. The second kappa shape index (κ2) is 10.2. The van der Waals surface area contributed by atoms with E-state index in [1.165, 1.54) is 62.5 Å². The molecule has 1 aliphatic heterocycles. The predicted octanol–water partition coefficient (Wildman–Crippen LogP) is 6.24. The van der Waals surface area contributed by atoms with Crippen LogP contribution >= 0.6 is 0 Å². The van der Waals surface area contributed by atoms with E-state index in [1.807, 2.05) is 0 Å². The van der Waals surface area contributed by atoms with Crippen molar-refractivity contribution in [3.63, 3.8) is 0 Å². The van der Waals surface area contributed by atoms with E-state index in [0.29, 0.717) is 5.92 Å². The highest BCUT2D eigenvalue weighted by Gasteiger charge is 2.32. The third-order valence-electron chi connectivity index (χ3n) is 5.18. The lowest BCUT2D eigenvalue weighted by Crippen LogP contribution is -2.40. The van der Waals surface area contributed by atoms with E-state index >= 15 is 0 Å². The van der Waals surface area contributed by atoms with Crippen molar-refractivity contribution in [1.29, 1.82) is 0 Å². The van der Waals surface area contributed by atoms with Crippen LogP contribution in [0.15, 0.2) is 24.3 Å². The van der Waals surface area contributed by atoms with Crippen molar-refractivity contribution in [2.75, 3.05) is 13.2 Å². The zero-order chi connectivity index (χ0) is 17.3. The number of hydrogen-bond acceptors (Lipinski definition) is 2. The Kier molecular flexibility index (Phi) is 8.28. The summed E-state index contributed by atoms with van der Waals surface area (Å²) in [5.74, 6) is 0.00226. The molecule has 1 aromatic rings. The van der Waals surface area contributed by atoms with Gasteiger partial charge in [-0.1, -0.05) is 70.2 Å². The van der Waals surface area contributed by atoms with Gasteiger partial charge in [0.15, 0.2) is 5.79 Å². The summed E-state index contributed by atoms with van der Waals surface area (Å²) in [5.41, 5.74) is 2.79. The molecule has 0 radical (unpaired) electrons. The molecule has 0 spiro atoms. The number of aryl methyl sites for hydroxylation is 1. The van der Waals surface area contributed by atoms with Gasteiger partial charge in [0, 0.05) is 12.3 Å². The minimum Gasteiger partial charge on any atom is -0.350 e. The molecule has 2 nitrogen and oxygen atoms in total. The Morgan fingerprint density at radius 2 is 1.50 bits per heavy atom. The first-order valence-electron chi connectivity index (χ1n) is 10.0. The fourth-order valence-corrected chi connectivity index (χ4v) is 3.37. The summed E-state index contributed by atoms with van der Waals surface area (Å²) in [6, 6.07) is 9.06. The Labute approximate surface area is 148 Å². The summed E-state index contributed by atoms with van der Waals surface area (Å²) >= 11 is 0. The largest absolute Gasteiger partial charge is 0.350 e. The maximum absolute atomic E-state index is 6.11. The molecule has 2 rings (SSSR count). The van der Waals surface area contributed by atoms with Crippen molar-refractivity contribution in [3.05, 3.63) is 35.4 Å². The molecule has 1 heterocycles. The van der Waals surface area contributed by atoms with Crippen LogP contribution in [-0.4, -0.2) is 19.0 Å². The Balaban J connectivity index is 1.75. The molecule has 0 unspecified atom stereocenters. The van der Waals surface area contributed by atoms with Crippen LogP contribution in [0.25, 0.3) is 0 Å². The lowest BCUT2D eigenvalue weighted by atomic mass is 9.96. The first-order chi connectivity index (χ1) is 11.7. The second-order valence-electron chi connectivity index (χ2n) is 7.46. The lowest BCUT2D eigenvalue weighted by molar-refractivity contribution is -0.266. The lowest BCUT2D eigenvalue weighted by Gasteiger charge is -2.38. The summed E-state index contributed by atoms with van der Waals surface area (Å²) in [4.78, 5) is 0. The first-order valence-corrected chi connectivity index (χ1v) is 10.0. The zero-order valence-electron chi connectivity index (χ0n) is 16.0. The first kappa shape index (κ1) is 19.5. The van der Waals surface area contributed by atoms with E-state index in [9.17, 15) is 0 Å². The molecule has 0 N–H and O–H groups in total. The van der Waals surface area contributed by atoms with Gasteiger partial charge in [-0.05, 0) is 37.3 Å². The summed E-state index contributed by atoms with van der Waals surface area (Å²) in [6.07, 6.45) is 11.2. The Bertz CT molecular complexity index is 444. The third-order valence-corrected chi connectivity index (χ3v) is 5.18. The van der Waals surface area contributed by atoms with E-state index in [2.05, 4.69) is 45.0 Å². The molecule has 1 aliphatic rings. The molecule has 1 aromatic carbocycles. The van der Waals surface area contributed by atoms with E-state index in [1.54, 1.807) is 0 Å². The Hall–Kier alpha value is -0.860. The molecule has 136 valence electrons. The summed E-state index contributed by atoms with van der Waals surface area (Å²) in [6.45, 7) is 8.16. The fraction of sp³-hybridized carbons (Fsp3) is 0.727. The SMILES string of the molecule is CCCCCCC[C@]1(C)OC[C@@H](c2ccc(CCCC)cc2)CO1. The minimum absolute atomic E-state index is 0.371. The van der Waals surface area contributed by atoms with E-state index in [-0.39, 0.29) is 5.79 Å². The molecule has 2 heteroatoms. The van der Waals surface area contributed by atoms with Crippen LogP contribution < -0.4 is 0 Å². The monoisotopic (exact) mass is 332 g/mol. The maximum atomic E-state index is 6.11. The molecule has 0 aliphatic carbocycles. The molecule has 0 bridgehead atoms. The number of unbranched alkanes of at least 4 members (excludes halogenated alkanes) is 5. The fourth-order valence-electron chi connectivity index (χ4n) is 3.37. The topological polar surface area (TPSA) is 18.5 Å². The van der Waals surface area contributed by atoms with Gasteiger partial charge in [0.25, 0.3) is 0 Å². The molecule has 24 heavy (non-hydrogen) atoms. The van der Waals surface area contributed by atoms with Gasteiger partial charge in [-0.3, -0.25) is 0 Å². The standard InChI is InChI=1S/C22H36O2/c1-4-6-8-9-10-16-22(3)23-17-21(18-24-22)20-14-12-19(13-15-20)11-7-5-2/h12-15,21H,4-11,16-18H2,1-3H3/t21-,22-. The van der Waals surface area contributed by atoms with Gasteiger partial charge in [-0.25, -0.2) is 0 Å². The third kappa shape index (κ3) is 6.22. The summed E-state index contributed by atoms with van der Waals surface area (Å²) in [5, 5.41) is 0. The normalized spacial score (nSPS) is 24.2. The van der Waals surface area contributed by atoms with Crippen LogP contribution in [0.1, 0.15) is 89.2 Å². The van der Waals surface area contributed by atoms with Crippen LogP contribution in [0.3, 0.4) is 0 Å². The highest BCUT2D eigenvalue weighted by atomic mass is 16.7. The second-order valence-corrected chi connectivity index (χ2v) is 7.46. The van der Waals surface area contributed by atoms with Crippen molar-refractivity contribution in [3.8, 4) is 0 Å². The molecule has 1 fully saturated rings. The van der Waals surface area contributed by atoms with Crippen LogP contribution in [0.2, 0.25) is 0 Å². The van der Waals surface area contributed by atoms with E-state index < -0.39 is 0 Å². The number of benzene rings is 1. The Morgan fingerprint density at radius 1 is 0.875 bits per heavy atom. The zero-order valence-corrected chi connectivity index (χ0v) is 16.0. The molecule has 1 saturated heterocycles. The maximum Gasteiger partial charge on any atom is 0.165 e. The molecule has 0 atom stereocenters. The summed E-state index contributed by atoms with van der Waals surface area (Å²) < 4.78 is 12.2. The van der Waals surface area contributed by atoms with Crippen LogP contribution in [0, 0.1) is 0 Å². The van der Waals surface area contributed by atoms with Gasteiger partial charge in [-0.15, -0.1) is 0 Å². The van der Waals surface area contributed by atoms with Crippen molar-refractivity contribution < 1.29 is 9.47 Å². The van der Waals surface area contributed by atoms with Gasteiger partial charge < -0.3 is 9.47 Å². The van der Waals surface area contributed by atoms with Gasteiger partial charge in [0.2, 0.25) is 0 Å². The van der Waals surface area contributed by atoms with E-state index in [4.69, 9.17) is 9.47 Å². The highest BCUT2D eigenvalue weighted by Crippen LogP contribution is 2.31. The molecule has 0 saturated carbocycles. The van der Waals surface area contributed by atoms with Crippen molar-refractivity contribution >= 4 is 0 Å². The van der Waals surface area contributed by atoms with Gasteiger partial charge >= 0.3 is 0 Å². The predicted molar refractivity (Wildman–Crippen MR) is 101 cm³/mol. The minimum atomic E-state index is -0.371. The average molecular weight is 333 g/mol. The van der Waals surface area contributed by atoms with Crippen LogP contribution in [0.4, 0.5) is 0 Å². The van der Waals surface area contributed by atoms with Gasteiger partial charge in [0.1, 0.15) is 0 Å². The molecular weight excluding hydrogens is 296 g/mol. The van der Waals surface area contributed by atoms with Crippen LogP contribution in [-0.2, 0) is 15.9 Å². The van der Waals surface area contributed by atoms with E-state index in [0.717, 1.165) is 19.6 Å². The average Bonchev–Trinajstić information content (AvgIpc) is 2.61. The van der Waals surface area contributed by atoms with Crippen molar-refractivity contribution in [1.82, 2.24) is 0 Å². The molecular formula is C22H36O2. The number of rotatable bonds is 10. The Morgan fingerprint density at radius 3 is 2.12 bits per heavy atom. The summed E-state index contributed by atoms with van der Waals surface area (Å²) in [7, 11) is 0. The van der Waals surface area contributed by atoms with Gasteiger partial charge in [0.05, 0.1) is 13.2 Å². The van der Waals surface area contributed by atoms with Crippen molar-refractivity contribution in [2.24, 2.45) is 0 Å².